The maximum absolute atomic E-state index is 13.0. The number of aromatic nitrogens is 2. The van der Waals surface area contributed by atoms with E-state index in [1.54, 1.807) is 68.6 Å². The number of esters is 1. The minimum absolute atomic E-state index is 0.0689. The van der Waals surface area contributed by atoms with Gasteiger partial charge in [0.15, 0.2) is 6.10 Å². The van der Waals surface area contributed by atoms with E-state index in [9.17, 15) is 23.1 Å². The second kappa shape index (κ2) is 10.3. The lowest BCUT2D eigenvalue weighted by atomic mass is 9.89. The quantitative estimate of drug-likeness (QED) is 0.351. The zero-order chi connectivity index (χ0) is 25.9. The molecule has 0 saturated carbocycles. The van der Waals surface area contributed by atoms with E-state index in [1.807, 2.05) is 0 Å². The number of imidazole rings is 1. The number of aliphatic hydroxyl groups is 1. The van der Waals surface area contributed by atoms with Crippen LogP contribution in [0.5, 0.6) is 0 Å². The second-order valence-electron chi connectivity index (χ2n) is 8.02. The Kier molecular flexibility index (Phi) is 7.18. The van der Waals surface area contributed by atoms with E-state index in [4.69, 9.17) is 4.74 Å². The minimum atomic E-state index is -3.92. The van der Waals surface area contributed by atoms with Crippen molar-refractivity contribution in [3.05, 3.63) is 96.1 Å². The molecule has 0 bridgehead atoms. The maximum Gasteiger partial charge on any atom is 0.336 e. The van der Waals surface area contributed by atoms with Gasteiger partial charge in [-0.25, -0.2) is 22.2 Å². The Hall–Kier alpha value is -4.02. The largest absolute Gasteiger partial charge is 0.464 e. The summed E-state index contributed by atoms with van der Waals surface area (Å²) in [6.45, 7) is 1.69. The van der Waals surface area contributed by atoms with Crippen LogP contribution in [0.2, 0.25) is 0 Å². The number of ether oxygens (including phenoxy) is 1. The van der Waals surface area contributed by atoms with Crippen molar-refractivity contribution in [2.24, 2.45) is 0 Å². The summed E-state index contributed by atoms with van der Waals surface area (Å²) in [4.78, 5) is 28.8. The van der Waals surface area contributed by atoms with Crippen molar-refractivity contribution in [3.63, 3.8) is 0 Å². The molecule has 10 heteroatoms. The van der Waals surface area contributed by atoms with Gasteiger partial charge in [0.1, 0.15) is 6.33 Å². The summed E-state index contributed by atoms with van der Waals surface area (Å²) in [5, 5.41) is 15.1. The van der Waals surface area contributed by atoms with Crippen LogP contribution in [0.4, 0.5) is 0 Å². The lowest BCUT2D eigenvalue weighted by Crippen LogP contribution is -2.31. The molecule has 2 N–H and O–H groups in total. The molecule has 0 aliphatic carbocycles. The predicted octanol–water partition coefficient (Wildman–Crippen LogP) is 2.69. The van der Waals surface area contributed by atoms with Gasteiger partial charge in [0.25, 0.3) is 15.9 Å². The molecule has 0 saturated heterocycles. The molecule has 0 fully saturated rings. The van der Waals surface area contributed by atoms with Crippen molar-refractivity contribution in [1.29, 1.82) is 0 Å². The molecule has 0 radical (unpaired) electrons. The summed E-state index contributed by atoms with van der Waals surface area (Å²) < 4.78 is 32.1. The average Bonchev–Trinajstić information content (AvgIpc) is 3.39. The monoisotopic (exact) mass is 507 g/mol. The summed E-state index contributed by atoms with van der Waals surface area (Å²) in [7, 11) is -2.37. The van der Waals surface area contributed by atoms with Crippen LogP contribution in [0, 0.1) is 0 Å². The highest BCUT2D eigenvalue weighted by Crippen LogP contribution is 2.31. The lowest BCUT2D eigenvalue weighted by molar-refractivity contribution is -0.153. The van der Waals surface area contributed by atoms with Crippen molar-refractivity contribution >= 4 is 32.7 Å². The average molecular weight is 508 g/mol. The number of aliphatic hydroxyl groups excluding tert-OH is 1. The Morgan fingerprint density at radius 1 is 1.06 bits per heavy atom. The molecule has 3 aromatic carbocycles. The van der Waals surface area contributed by atoms with E-state index < -0.39 is 28.0 Å². The number of nitrogens with one attached hydrogen (secondary N) is 1. The fourth-order valence-corrected chi connectivity index (χ4v) is 5.11. The molecule has 1 heterocycles. The highest BCUT2D eigenvalue weighted by molar-refractivity contribution is 7.90. The molecule has 2 unspecified atom stereocenters. The molecule has 9 nitrogen and oxygen atoms in total. The number of rotatable bonds is 8. The fourth-order valence-electron chi connectivity index (χ4n) is 3.95. The van der Waals surface area contributed by atoms with E-state index in [1.165, 1.54) is 18.3 Å². The third kappa shape index (κ3) is 4.86. The molecule has 0 spiro atoms. The molecule has 0 aliphatic heterocycles. The van der Waals surface area contributed by atoms with Crippen LogP contribution in [0.15, 0.2) is 84.1 Å². The van der Waals surface area contributed by atoms with Gasteiger partial charge in [-0.1, -0.05) is 42.5 Å². The molecule has 4 aromatic rings. The number of benzene rings is 3. The van der Waals surface area contributed by atoms with Crippen molar-refractivity contribution in [2.45, 2.75) is 23.8 Å². The first kappa shape index (κ1) is 25.1. The molecule has 1 amide bonds. The normalized spacial score (nSPS) is 13.2. The van der Waals surface area contributed by atoms with Gasteiger partial charge in [0.2, 0.25) is 0 Å². The van der Waals surface area contributed by atoms with Crippen molar-refractivity contribution in [2.75, 3.05) is 13.7 Å². The third-order valence-electron chi connectivity index (χ3n) is 5.77. The number of carbonyl (C=O) groups excluding carboxylic acids is 2. The number of nitrogens with zero attached hydrogens (tertiary/aromatic N) is 2. The minimum Gasteiger partial charge on any atom is -0.464 e. The van der Waals surface area contributed by atoms with Crippen molar-refractivity contribution in [3.8, 4) is 0 Å². The van der Waals surface area contributed by atoms with Crippen molar-refractivity contribution < 1.29 is 27.9 Å². The first-order chi connectivity index (χ1) is 17.3. The highest BCUT2D eigenvalue weighted by atomic mass is 32.2. The number of hydrogen-bond acceptors (Lipinski definition) is 7. The SMILES string of the molecule is CCOC(=O)C(O)C(c1ccc2cc(C(=O)NC)ccc2c1)c1cn(S(=O)(=O)c2ccccc2)cn1. The van der Waals surface area contributed by atoms with Crippen LogP contribution in [-0.2, 0) is 19.6 Å². The second-order valence-corrected chi connectivity index (χ2v) is 9.86. The molecule has 4 rings (SSSR count). The van der Waals surface area contributed by atoms with Gasteiger partial charge in [-0.2, -0.15) is 0 Å². The Bertz CT molecular complexity index is 1520. The van der Waals surface area contributed by atoms with Gasteiger partial charge < -0.3 is 15.2 Å². The topological polar surface area (TPSA) is 128 Å². The van der Waals surface area contributed by atoms with Crippen LogP contribution < -0.4 is 5.32 Å². The smallest absolute Gasteiger partial charge is 0.336 e. The van der Waals surface area contributed by atoms with E-state index in [0.29, 0.717) is 11.1 Å². The van der Waals surface area contributed by atoms with Gasteiger partial charge in [0.05, 0.1) is 23.1 Å². The van der Waals surface area contributed by atoms with E-state index >= 15 is 0 Å². The Labute approximate surface area is 208 Å². The van der Waals surface area contributed by atoms with E-state index in [0.717, 1.165) is 21.1 Å². The Morgan fingerprint density at radius 3 is 2.44 bits per heavy atom. The third-order valence-corrected chi connectivity index (χ3v) is 7.40. The molecular formula is C26H25N3O6S. The summed E-state index contributed by atoms with van der Waals surface area (Å²) in [6.07, 6.45) is 0.795. The van der Waals surface area contributed by atoms with Crippen LogP contribution in [0.25, 0.3) is 10.8 Å². The van der Waals surface area contributed by atoms with E-state index in [2.05, 4.69) is 10.3 Å². The molecule has 36 heavy (non-hydrogen) atoms. The number of amides is 1. The number of fused-ring (bicyclic) bond motifs is 1. The molecule has 0 aliphatic rings. The molecule has 186 valence electrons. The lowest BCUT2D eigenvalue weighted by Gasteiger charge is -2.21. The zero-order valence-corrected chi connectivity index (χ0v) is 20.5. The predicted molar refractivity (Wildman–Crippen MR) is 133 cm³/mol. The van der Waals surface area contributed by atoms with Gasteiger partial charge >= 0.3 is 5.97 Å². The van der Waals surface area contributed by atoms with Crippen LogP contribution in [0.3, 0.4) is 0 Å². The van der Waals surface area contributed by atoms with Crippen LogP contribution in [0.1, 0.15) is 34.5 Å². The highest BCUT2D eigenvalue weighted by Gasteiger charge is 2.33. The summed E-state index contributed by atoms with van der Waals surface area (Å²) >= 11 is 0. The Balaban J connectivity index is 1.78. The van der Waals surface area contributed by atoms with Gasteiger partial charge in [0, 0.05) is 18.8 Å². The fraction of sp³-hybridized carbons (Fsp3) is 0.192. The molecular weight excluding hydrogens is 482 g/mol. The number of hydrogen-bond donors (Lipinski definition) is 2. The van der Waals surface area contributed by atoms with E-state index in [-0.39, 0.29) is 23.1 Å². The van der Waals surface area contributed by atoms with Gasteiger partial charge in [-0.3, -0.25) is 4.79 Å². The summed E-state index contributed by atoms with van der Waals surface area (Å²) in [5.74, 6) is -2.07. The summed E-state index contributed by atoms with van der Waals surface area (Å²) in [5.41, 5.74) is 1.19. The standard InChI is InChI=1S/C26H25N3O6S/c1-3-35-26(32)24(30)23(19-11-9-18-14-20(25(31)27-2)12-10-17(18)13-19)22-15-29(16-28-22)36(33,34)21-7-5-4-6-8-21/h4-16,23-24,30H,3H2,1-2H3,(H,27,31). The number of carbonyl (C=O) groups is 2. The van der Waals surface area contributed by atoms with Gasteiger partial charge in [-0.05, 0) is 47.5 Å². The molecule has 1 aromatic heterocycles. The first-order valence-corrected chi connectivity index (χ1v) is 12.6. The Morgan fingerprint density at radius 2 is 1.75 bits per heavy atom. The summed E-state index contributed by atoms with van der Waals surface area (Å²) in [6, 6.07) is 18.3. The maximum atomic E-state index is 13.0. The van der Waals surface area contributed by atoms with Crippen LogP contribution >= 0.6 is 0 Å². The van der Waals surface area contributed by atoms with Crippen molar-refractivity contribution in [1.82, 2.24) is 14.3 Å². The first-order valence-electron chi connectivity index (χ1n) is 11.2. The van der Waals surface area contributed by atoms with Gasteiger partial charge in [-0.15, -0.1) is 0 Å². The van der Waals surface area contributed by atoms with Crippen LogP contribution in [-0.4, -0.2) is 54.1 Å². The molecule has 2 atom stereocenters. The zero-order valence-electron chi connectivity index (χ0n) is 19.7.